The van der Waals surface area contributed by atoms with Crippen molar-refractivity contribution >= 4 is 52.9 Å². The first-order chi connectivity index (χ1) is 23.9. The van der Waals surface area contributed by atoms with Crippen molar-refractivity contribution in [2.24, 2.45) is 0 Å². The van der Waals surface area contributed by atoms with E-state index in [1.165, 1.54) is 24.1 Å². The van der Waals surface area contributed by atoms with Crippen LogP contribution in [0.2, 0.25) is 0 Å². The largest absolute Gasteiger partial charge is 0.465 e. The van der Waals surface area contributed by atoms with E-state index in [2.05, 4.69) is 16.0 Å². The molecule has 0 aliphatic rings. The van der Waals surface area contributed by atoms with Crippen LogP contribution in [-0.4, -0.2) is 30.3 Å². The number of rotatable bonds is 14. The van der Waals surface area contributed by atoms with Gasteiger partial charge in [0.1, 0.15) is 16.7 Å². The highest BCUT2D eigenvalue weighted by atomic mass is 32.2. The van der Waals surface area contributed by atoms with Crippen LogP contribution < -0.4 is 16.0 Å². The molecule has 9 nitrogen and oxygen atoms in total. The highest BCUT2D eigenvalue weighted by molar-refractivity contribution is 8.00. The lowest BCUT2D eigenvalue weighted by Gasteiger charge is -2.18. The van der Waals surface area contributed by atoms with Gasteiger partial charge in [0.2, 0.25) is 5.91 Å². The van der Waals surface area contributed by atoms with Crippen LogP contribution in [0.15, 0.2) is 143 Å². The highest BCUT2D eigenvalue weighted by Crippen LogP contribution is 2.37. The van der Waals surface area contributed by atoms with Crippen molar-refractivity contribution in [2.75, 3.05) is 17.2 Å². The van der Waals surface area contributed by atoms with Crippen LogP contribution in [0, 0.1) is 0 Å². The Morgan fingerprint density at radius 3 is 2.20 bits per heavy atom. The average molecular weight is 674 g/mol. The monoisotopic (exact) mass is 673 g/mol. The SMILES string of the molecule is CCCCOC(=O)c1ccc(NC(=O)C(Sc2cccc(NC(=O)/C(=C/c3ccco3)NC(=O)c3ccccc3)c2)c2ccccc2)cc1. The summed E-state index contributed by atoms with van der Waals surface area (Å²) in [7, 11) is 0. The first kappa shape index (κ1) is 34.5. The Bertz CT molecular complexity index is 1890. The lowest BCUT2D eigenvalue weighted by atomic mass is 10.1. The molecule has 10 heteroatoms. The van der Waals surface area contributed by atoms with E-state index in [4.69, 9.17) is 9.15 Å². The van der Waals surface area contributed by atoms with Crippen molar-refractivity contribution in [3.8, 4) is 0 Å². The fourth-order valence-electron chi connectivity index (χ4n) is 4.63. The normalized spacial score (nSPS) is 11.7. The van der Waals surface area contributed by atoms with Crippen LogP contribution in [0.3, 0.4) is 0 Å². The predicted molar refractivity (Wildman–Crippen MR) is 191 cm³/mol. The standard InChI is InChI=1S/C39H35N3O6S/c1-2-3-23-48-39(46)29-19-21-30(22-20-29)40-38(45)35(27-12-6-4-7-13-27)49-33-18-10-16-31(25-33)41-37(44)34(26-32-17-11-24-47-32)42-36(43)28-14-8-5-9-15-28/h4-22,24-26,35H,2-3,23H2,1H3,(H,40,45)(H,41,44)(H,42,43)/b34-26-. The van der Waals surface area contributed by atoms with Gasteiger partial charge in [0.05, 0.1) is 18.4 Å². The topological polar surface area (TPSA) is 127 Å². The maximum atomic E-state index is 13.7. The summed E-state index contributed by atoms with van der Waals surface area (Å²) in [6, 6.07) is 35.0. The van der Waals surface area contributed by atoms with Gasteiger partial charge in [-0.25, -0.2) is 4.79 Å². The molecule has 0 bridgehead atoms. The number of benzene rings is 4. The first-order valence-corrected chi connectivity index (χ1v) is 16.6. The third kappa shape index (κ3) is 10.1. The molecule has 0 radical (unpaired) electrons. The van der Waals surface area contributed by atoms with Gasteiger partial charge in [0, 0.05) is 27.9 Å². The summed E-state index contributed by atoms with van der Waals surface area (Å²) < 4.78 is 10.7. The number of hydrogen-bond acceptors (Lipinski definition) is 7. The Balaban J connectivity index is 1.30. The van der Waals surface area contributed by atoms with E-state index in [1.54, 1.807) is 84.9 Å². The van der Waals surface area contributed by atoms with Gasteiger partial charge in [-0.1, -0.05) is 67.9 Å². The van der Waals surface area contributed by atoms with Crippen LogP contribution in [0.1, 0.15) is 57.1 Å². The second kappa shape index (κ2) is 17.3. The summed E-state index contributed by atoms with van der Waals surface area (Å²) in [5.41, 5.74) is 2.56. The van der Waals surface area contributed by atoms with Gasteiger partial charge in [-0.15, -0.1) is 11.8 Å². The van der Waals surface area contributed by atoms with Crippen LogP contribution in [-0.2, 0) is 14.3 Å². The number of unbranched alkanes of at least 4 members (excludes halogenated alkanes) is 1. The van der Waals surface area contributed by atoms with Gasteiger partial charge in [-0.3, -0.25) is 14.4 Å². The molecule has 1 unspecified atom stereocenters. The fraction of sp³-hybridized carbons (Fsp3) is 0.128. The minimum absolute atomic E-state index is 0.0105. The van der Waals surface area contributed by atoms with Crippen molar-refractivity contribution < 1.29 is 28.3 Å². The molecule has 4 aromatic carbocycles. The summed E-state index contributed by atoms with van der Waals surface area (Å²) in [5, 5.41) is 7.84. The second-order valence-corrected chi connectivity index (χ2v) is 12.0. The Morgan fingerprint density at radius 2 is 1.51 bits per heavy atom. The number of ether oxygens (including phenoxy) is 1. The smallest absolute Gasteiger partial charge is 0.338 e. The third-order valence-corrected chi connectivity index (χ3v) is 8.41. The summed E-state index contributed by atoms with van der Waals surface area (Å²) in [6.45, 7) is 2.39. The highest BCUT2D eigenvalue weighted by Gasteiger charge is 2.23. The fourth-order valence-corrected chi connectivity index (χ4v) is 5.71. The number of furan rings is 1. The summed E-state index contributed by atoms with van der Waals surface area (Å²) in [5.74, 6) is -1.29. The van der Waals surface area contributed by atoms with E-state index < -0.39 is 23.0 Å². The van der Waals surface area contributed by atoms with Crippen LogP contribution in [0.4, 0.5) is 11.4 Å². The van der Waals surface area contributed by atoms with Crippen LogP contribution >= 0.6 is 11.8 Å². The number of carbonyl (C=O) groups excluding carboxylic acids is 4. The van der Waals surface area contributed by atoms with E-state index in [1.807, 2.05) is 43.3 Å². The molecular formula is C39H35N3O6S. The predicted octanol–water partition coefficient (Wildman–Crippen LogP) is 8.12. The lowest BCUT2D eigenvalue weighted by molar-refractivity contribution is -0.116. The van der Waals surface area contributed by atoms with E-state index in [-0.39, 0.29) is 11.6 Å². The van der Waals surface area contributed by atoms with Crippen LogP contribution in [0.5, 0.6) is 0 Å². The molecule has 0 aliphatic heterocycles. The van der Waals surface area contributed by atoms with Crippen molar-refractivity contribution in [3.63, 3.8) is 0 Å². The third-order valence-electron chi connectivity index (χ3n) is 7.16. The number of anilines is 2. The van der Waals surface area contributed by atoms with E-state index in [9.17, 15) is 19.2 Å². The lowest BCUT2D eigenvalue weighted by Crippen LogP contribution is -2.30. The number of nitrogens with one attached hydrogen (secondary N) is 3. The van der Waals surface area contributed by atoms with Gasteiger partial charge in [0.15, 0.2) is 0 Å². The van der Waals surface area contributed by atoms with Crippen molar-refractivity contribution in [2.45, 2.75) is 29.9 Å². The zero-order valence-electron chi connectivity index (χ0n) is 26.8. The van der Waals surface area contributed by atoms with E-state index >= 15 is 0 Å². The molecule has 1 aromatic heterocycles. The molecule has 0 spiro atoms. The summed E-state index contributed by atoms with van der Waals surface area (Å²) in [4.78, 5) is 53.1. The number of thioether (sulfide) groups is 1. The molecule has 1 heterocycles. The average Bonchev–Trinajstić information content (AvgIpc) is 3.65. The van der Waals surface area contributed by atoms with Crippen molar-refractivity contribution in [1.82, 2.24) is 5.32 Å². The summed E-state index contributed by atoms with van der Waals surface area (Å²) >= 11 is 1.31. The first-order valence-electron chi connectivity index (χ1n) is 15.7. The number of amides is 3. The maximum Gasteiger partial charge on any atom is 0.338 e. The molecule has 1 atom stereocenters. The van der Waals surface area contributed by atoms with Crippen LogP contribution in [0.25, 0.3) is 6.08 Å². The molecule has 5 rings (SSSR count). The Labute approximate surface area is 288 Å². The quantitative estimate of drug-likeness (QED) is 0.0470. The zero-order chi connectivity index (χ0) is 34.4. The number of hydrogen-bond donors (Lipinski definition) is 3. The second-order valence-electron chi connectivity index (χ2n) is 10.8. The Morgan fingerprint density at radius 1 is 0.776 bits per heavy atom. The minimum atomic E-state index is -0.648. The van der Waals surface area contributed by atoms with Gasteiger partial charge >= 0.3 is 5.97 Å². The summed E-state index contributed by atoms with van der Waals surface area (Å²) in [6.07, 6.45) is 4.65. The molecule has 0 fully saturated rings. The van der Waals surface area contributed by atoms with Crippen molar-refractivity contribution in [3.05, 3.63) is 156 Å². The van der Waals surface area contributed by atoms with Gasteiger partial charge < -0.3 is 25.1 Å². The minimum Gasteiger partial charge on any atom is -0.465 e. The number of carbonyl (C=O) groups is 4. The van der Waals surface area contributed by atoms with E-state index in [0.29, 0.717) is 34.9 Å². The Hall–Kier alpha value is -5.87. The molecule has 0 saturated carbocycles. The van der Waals surface area contributed by atoms with Crippen molar-refractivity contribution in [1.29, 1.82) is 0 Å². The molecular weight excluding hydrogens is 639 g/mol. The Kier molecular flexibility index (Phi) is 12.2. The van der Waals surface area contributed by atoms with Gasteiger partial charge in [-0.2, -0.15) is 0 Å². The van der Waals surface area contributed by atoms with Gasteiger partial charge in [0.25, 0.3) is 11.8 Å². The maximum absolute atomic E-state index is 13.7. The molecule has 248 valence electrons. The molecule has 3 N–H and O–H groups in total. The molecule has 5 aromatic rings. The van der Waals surface area contributed by atoms with Gasteiger partial charge in [-0.05, 0) is 78.7 Å². The molecule has 0 saturated heterocycles. The molecule has 0 aliphatic carbocycles. The molecule has 49 heavy (non-hydrogen) atoms. The molecule has 3 amide bonds. The van der Waals surface area contributed by atoms with E-state index in [0.717, 1.165) is 23.3 Å². The number of esters is 1. The zero-order valence-corrected chi connectivity index (χ0v) is 27.6.